The maximum absolute atomic E-state index is 12.9. The van der Waals surface area contributed by atoms with Crippen molar-refractivity contribution >= 4 is 44.2 Å². The van der Waals surface area contributed by atoms with Crippen molar-refractivity contribution < 1.29 is 4.79 Å². The number of aromatic amines is 1. The fourth-order valence-electron chi connectivity index (χ4n) is 3.43. The van der Waals surface area contributed by atoms with E-state index in [1.165, 1.54) is 0 Å². The lowest BCUT2D eigenvalue weighted by molar-refractivity contribution is 0.0978. The summed E-state index contributed by atoms with van der Waals surface area (Å²) in [5.74, 6) is 0.0675. The van der Waals surface area contributed by atoms with Crippen LogP contribution in [0.1, 0.15) is 33.8 Å². The fraction of sp³-hybridized carbons (Fsp3) is 0.0870. The second-order valence-corrected chi connectivity index (χ2v) is 7.88. The number of Topliss-reactive ketones (excluding diaryl/α,β-unsaturated/α-hetero) is 1. The van der Waals surface area contributed by atoms with E-state index in [1.807, 2.05) is 72.9 Å². The number of carbonyl (C=O) groups excluding carboxylic acids is 1. The zero-order valence-corrected chi connectivity index (χ0v) is 16.8. The minimum Gasteiger partial charge on any atom is -0.361 e. The number of benzene rings is 3. The third-order valence-corrected chi connectivity index (χ3v) is 5.55. The standard InChI is InChI=1S/C23H17BrClNO/c24-17-8-11-22-20(12-17)21(14-26-22)19(15-6-9-18(25)10-7-15)13-23(27)16-4-2-1-3-5-16/h1-12,14,19,26H,13H2/t19-/m0/s1. The first-order valence-electron chi connectivity index (χ1n) is 8.72. The van der Waals surface area contributed by atoms with Crippen LogP contribution in [-0.2, 0) is 0 Å². The van der Waals surface area contributed by atoms with E-state index in [1.54, 1.807) is 0 Å². The summed E-state index contributed by atoms with van der Waals surface area (Å²) in [6, 6.07) is 23.4. The van der Waals surface area contributed by atoms with E-state index >= 15 is 0 Å². The van der Waals surface area contributed by atoms with Crippen LogP contribution < -0.4 is 0 Å². The molecule has 1 heterocycles. The van der Waals surface area contributed by atoms with Gasteiger partial charge < -0.3 is 4.98 Å². The quantitative estimate of drug-likeness (QED) is 0.335. The number of aromatic nitrogens is 1. The zero-order chi connectivity index (χ0) is 18.8. The van der Waals surface area contributed by atoms with Gasteiger partial charge in [-0.2, -0.15) is 0 Å². The number of hydrogen-bond donors (Lipinski definition) is 1. The van der Waals surface area contributed by atoms with Gasteiger partial charge in [0, 0.05) is 44.5 Å². The van der Waals surface area contributed by atoms with E-state index in [4.69, 9.17) is 11.6 Å². The van der Waals surface area contributed by atoms with Crippen LogP contribution in [0.15, 0.2) is 83.5 Å². The van der Waals surface area contributed by atoms with Crippen LogP contribution in [0.4, 0.5) is 0 Å². The van der Waals surface area contributed by atoms with Crippen LogP contribution in [-0.4, -0.2) is 10.8 Å². The van der Waals surface area contributed by atoms with Crippen molar-refractivity contribution in [2.75, 3.05) is 0 Å². The highest BCUT2D eigenvalue weighted by atomic mass is 79.9. The van der Waals surface area contributed by atoms with Crippen LogP contribution in [0.25, 0.3) is 10.9 Å². The molecule has 0 fully saturated rings. The zero-order valence-electron chi connectivity index (χ0n) is 14.5. The molecule has 0 aliphatic rings. The van der Waals surface area contributed by atoms with E-state index in [0.717, 1.165) is 32.1 Å². The van der Waals surface area contributed by atoms with Crippen LogP contribution in [0.2, 0.25) is 5.02 Å². The number of H-pyrrole nitrogens is 1. The predicted octanol–water partition coefficient (Wildman–Crippen LogP) is 6.99. The van der Waals surface area contributed by atoms with Gasteiger partial charge >= 0.3 is 0 Å². The van der Waals surface area contributed by atoms with E-state index in [0.29, 0.717) is 11.4 Å². The first-order chi connectivity index (χ1) is 13.1. The minimum atomic E-state index is -0.0574. The van der Waals surface area contributed by atoms with Gasteiger partial charge in [-0.05, 0) is 41.5 Å². The molecule has 1 N–H and O–H groups in total. The molecule has 4 aromatic rings. The van der Waals surface area contributed by atoms with Crippen molar-refractivity contribution in [3.8, 4) is 0 Å². The van der Waals surface area contributed by atoms with Crippen molar-refractivity contribution in [2.24, 2.45) is 0 Å². The summed E-state index contributed by atoms with van der Waals surface area (Å²) >= 11 is 9.63. The number of nitrogens with one attached hydrogen (secondary N) is 1. The highest BCUT2D eigenvalue weighted by Gasteiger charge is 2.22. The summed E-state index contributed by atoms with van der Waals surface area (Å²) in [5.41, 5.74) is 3.97. The second kappa shape index (κ2) is 7.71. The Hall–Kier alpha value is -2.36. The van der Waals surface area contributed by atoms with Crippen LogP contribution >= 0.6 is 27.5 Å². The number of fused-ring (bicyclic) bond motifs is 1. The average Bonchev–Trinajstić information content (AvgIpc) is 3.10. The van der Waals surface area contributed by atoms with Crippen molar-refractivity contribution in [1.29, 1.82) is 0 Å². The molecular weight excluding hydrogens is 422 g/mol. The molecule has 0 saturated heterocycles. The Labute approximate surface area is 171 Å². The largest absolute Gasteiger partial charge is 0.361 e. The lowest BCUT2D eigenvalue weighted by atomic mass is 9.85. The molecule has 0 spiro atoms. The lowest BCUT2D eigenvalue weighted by Crippen LogP contribution is -2.09. The Morgan fingerprint density at radius 3 is 2.48 bits per heavy atom. The first-order valence-corrected chi connectivity index (χ1v) is 9.89. The Bertz CT molecular complexity index is 1090. The Balaban J connectivity index is 1.79. The molecule has 0 radical (unpaired) electrons. The SMILES string of the molecule is O=C(C[C@@H](c1ccc(Cl)cc1)c1c[nH]c2ccc(Br)cc12)c1ccccc1. The maximum Gasteiger partial charge on any atom is 0.163 e. The molecule has 0 saturated carbocycles. The maximum atomic E-state index is 12.9. The minimum absolute atomic E-state index is 0.0574. The molecule has 1 aromatic heterocycles. The second-order valence-electron chi connectivity index (χ2n) is 6.53. The van der Waals surface area contributed by atoms with Crippen molar-refractivity contribution in [3.63, 3.8) is 0 Å². The summed E-state index contributed by atoms with van der Waals surface area (Å²) < 4.78 is 1.01. The molecule has 0 bridgehead atoms. The molecule has 4 heteroatoms. The van der Waals surface area contributed by atoms with Gasteiger partial charge in [0.1, 0.15) is 0 Å². The predicted molar refractivity (Wildman–Crippen MR) is 115 cm³/mol. The van der Waals surface area contributed by atoms with Gasteiger partial charge in [0.05, 0.1) is 0 Å². The molecule has 27 heavy (non-hydrogen) atoms. The molecule has 0 amide bonds. The monoisotopic (exact) mass is 437 g/mol. The van der Waals surface area contributed by atoms with Crippen LogP contribution in [0.3, 0.4) is 0 Å². The highest BCUT2D eigenvalue weighted by molar-refractivity contribution is 9.10. The van der Waals surface area contributed by atoms with Crippen LogP contribution in [0.5, 0.6) is 0 Å². The summed E-state index contributed by atoms with van der Waals surface area (Å²) in [7, 11) is 0. The van der Waals surface area contributed by atoms with Gasteiger partial charge in [-0.3, -0.25) is 4.79 Å². The fourth-order valence-corrected chi connectivity index (χ4v) is 3.92. The molecular formula is C23H17BrClNO. The molecule has 0 aliphatic carbocycles. The third kappa shape index (κ3) is 3.85. The summed E-state index contributed by atoms with van der Waals surface area (Å²) in [4.78, 5) is 16.3. The van der Waals surface area contributed by atoms with Gasteiger partial charge in [-0.25, -0.2) is 0 Å². The Kier molecular flexibility index (Phi) is 5.15. The molecule has 2 nitrogen and oxygen atoms in total. The smallest absolute Gasteiger partial charge is 0.163 e. The van der Waals surface area contributed by atoms with Crippen LogP contribution in [0, 0.1) is 0 Å². The molecule has 1 atom stereocenters. The number of halogens is 2. The van der Waals surface area contributed by atoms with E-state index in [9.17, 15) is 4.79 Å². The lowest BCUT2D eigenvalue weighted by Gasteiger charge is -2.17. The van der Waals surface area contributed by atoms with Gasteiger partial charge in [-0.1, -0.05) is 70.0 Å². The van der Waals surface area contributed by atoms with Gasteiger partial charge in [0.15, 0.2) is 5.78 Å². The molecule has 4 rings (SSSR count). The number of ketones is 1. The van der Waals surface area contributed by atoms with Crippen molar-refractivity contribution in [3.05, 3.63) is 105 Å². The third-order valence-electron chi connectivity index (χ3n) is 4.81. The normalized spacial score (nSPS) is 12.2. The number of hydrogen-bond acceptors (Lipinski definition) is 1. The van der Waals surface area contributed by atoms with E-state index in [-0.39, 0.29) is 11.7 Å². The summed E-state index contributed by atoms with van der Waals surface area (Å²) in [6.07, 6.45) is 2.40. The average molecular weight is 439 g/mol. The Morgan fingerprint density at radius 2 is 1.74 bits per heavy atom. The van der Waals surface area contributed by atoms with E-state index in [2.05, 4.69) is 27.0 Å². The summed E-state index contributed by atoms with van der Waals surface area (Å²) in [5, 5.41) is 1.80. The molecule has 0 unspecified atom stereocenters. The van der Waals surface area contributed by atoms with Crippen molar-refractivity contribution in [1.82, 2.24) is 4.98 Å². The number of rotatable bonds is 5. The first kappa shape index (κ1) is 18.0. The van der Waals surface area contributed by atoms with Gasteiger partial charge in [0.25, 0.3) is 0 Å². The summed E-state index contributed by atoms with van der Waals surface area (Å²) in [6.45, 7) is 0. The highest BCUT2D eigenvalue weighted by Crippen LogP contribution is 2.35. The molecule has 3 aromatic carbocycles. The molecule has 134 valence electrons. The van der Waals surface area contributed by atoms with E-state index < -0.39 is 0 Å². The Morgan fingerprint density at radius 1 is 1.00 bits per heavy atom. The topological polar surface area (TPSA) is 32.9 Å². The van der Waals surface area contributed by atoms with Gasteiger partial charge in [0.2, 0.25) is 0 Å². The number of carbonyl (C=O) groups is 1. The molecule has 0 aliphatic heterocycles. The van der Waals surface area contributed by atoms with Gasteiger partial charge in [-0.15, -0.1) is 0 Å². The van der Waals surface area contributed by atoms with Crippen molar-refractivity contribution in [2.45, 2.75) is 12.3 Å².